The van der Waals surface area contributed by atoms with E-state index in [1.54, 1.807) is 0 Å². The fraction of sp³-hybridized carbons (Fsp3) is 0.247. The van der Waals surface area contributed by atoms with Crippen molar-refractivity contribution in [1.29, 1.82) is 0 Å². The summed E-state index contributed by atoms with van der Waals surface area (Å²) in [4.78, 5) is 5.44. The van der Waals surface area contributed by atoms with Crippen molar-refractivity contribution in [2.24, 2.45) is 0 Å². The molecule has 6 aliphatic carbocycles. The van der Waals surface area contributed by atoms with Crippen LogP contribution >= 0.6 is 11.8 Å². The van der Waals surface area contributed by atoms with E-state index in [4.69, 9.17) is 4.74 Å². The van der Waals surface area contributed by atoms with Crippen LogP contribution in [0.2, 0.25) is 0 Å². The van der Waals surface area contributed by atoms with Crippen molar-refractivity contribution in [2.75, 3.05) is 4.90 Å². The highest BCUT2D eigenvalue weighted by Crippen LogP contribution is 2.66. The highest BCUT2D eigenvalue weighted by molar-refractivity contribution is 7.99. The van der Waals surface area contributed by atoms with E-state index in [0.29, 0.717) is 11.8 Å². The number of allylic oxidation sites excluding steroid dienone is 2. The predicted molar refractivity (Wildman–Crippen MR) is 329 cm³/mol. The zero-order chi connectivity index (χ0) is 52.9. The summed E-state index contributed by atoms with van der Waals surface area (Å²) in [6, 6.07) is 76.2. The van der Waals surface area contributed by atoms with Gasteiger partial charge in [-0.2, -0.15) is 0 Å². The first-order valence-electron chi connectivity index (χ1n) is 30.0. The molecule has 2 nitrogen and oxygen atoms in total. The standard InChI is InChI=1S/C77H65NOS/c1-75(2)61-26-12-9-23-55(61)58-38-35-52(45-66(58)75)78(53-36-39-59-56-24-10-13-27-62(56)76(67(59)46-53)64-29-15-17-31-73(64)80-74-32-18-16-30-65(74)76)54-37-40-60-57-25-11-14-28-63(57)77(68(60)47-54)69-43-50(48-19-5-3-6-20-48)33-41-71(69)79-72-42-34-51(44-70(72)77)49-21-7-4-8-22-49/h9-18,23-45,47-49,53H,3-8,19-22,46H2,1-2H3. The number of nitrogens with zero attached hydrogens (tertiary/aromatic N) is 1. The Morgan fingerprint density at radius 1 is 0.412 bits per heavy atom. The van der Waals surface area contributed by atoms with Crippen LogP contribution in [-0.4, -0.2) is 6.04 Å². The Balaban J connectivity index is 0.906. The van der Waals surface area contributed by atoms with Gasteiger partial charge in [0.05, 0.1) is 16.9 Å². The lowest BCUT2D eigenvalue weighted by Gasteiger charge is -2.44. The fourth-order valence-corrected chi connectivity index (χ4v) is 18.4. The Kier molecular flexibility index (Phi) is 10.5. The minimum Gasteiger partial charge on any atom is -0.457 e. The second-order valence-electron chi connectivity index (χ2n) is 25.0. The summed E-state index contributed by atoms with van der Waals surface area (Å²) in [7, 11) is 0. The molecule has 2 saturated carbocycles. The van der Waals surface area contributed by atoms with Gasteiger partial charge in [-0.3, -0.25) is 0 Å². The average molecular weight is 1050 g/mol. The third-order valence-corrected chi connectivity index (χ3v) is 21.9. The largest absolute Gasteiger partial charge is 0.457 e. The average Bonchev–Trinajstić information content (AvgIpc) is 2.94. The minimum absolute atomic E-state index is 0.0124. The van der Waals surface area contributed by atoms with Crippen molar-refractivity contribution < 1.29 is 4.74 Å². The summed E-state index contributed by atoms with van der Waals surface area (Å²) in [6.07, 6.45) is 18.8. The maximum atomic E-state index is 7.26. The van der Waals surface area contributed by atoms with Crippen LogP contribution in [0.4, 0.5) is 11.4 Å². The zero-order valence-corrected chi connectivity index (χ0v) is 46.7. The molecule has 3 heteroatoms. The number of hydrogen-bond donors (Lipinski definition) is 0. The van der Waals surface area contributed by atoms with Gasteiger partial charge in [-0.15, -0.1) is 0 Å². The van der Waals surface area contributed by atoms with Gasteiger partial charge in [-0.1, -0.05) is 222 Å². The second-order valence-corrected chi connectivity index (χ2v) is 26.1. The van der Waals surface area contributed by atoms with Crippen LogP contribution in [0.15, 0.2) is 222 Å². The predicted octanol–water partition coefficient (Wildman–Crippen LogP) is 20.3. The van der Waals surface area contributed by atoms with Gasteiger partial charge in [0.2, 0.25) is 0 Å². The minimum atomic E-state index is -0.601. The molecule has 1 unspecified atom stereocenters. The zero-order valence-electron chi connectivity index (χ0n) is 45.9. The second kappa shape index (κ2) is 17.7. The first kappa shape index (κ1) is 47.2. The van der Waals surface area contributed by atoms with Gasteiger partial charge in [0.25, 0.3) is 0 Å². The van der Waals surface area contributed by atoms with Crippen LogP contribution in [-0.2, 0) is 16.2 Å². The van der Waals surface area contributed by atoms with Crippen molar-refractivity contribution in [2.45, 2.75) is 128 Å². The monoisotopic (exact) mass is 1050 g/mol. The molecule has 0 bridgehead atoms. The van der Waals surface area contributed by atoms with Gasteiger partial charge < -0.3 is 9.64 Å². The van der Waals surface area contributed by atoms with Crippen LogP contribution in [0.1, 0.15) is 163 Å². The Labute approximate surface area is 476 Å². The molecule has 0 aromatic heterocycles. The van der Waals surface area contributed by atoms with Gasteiger partial charge in [0.15, 0.2) is 0 Å². The molecule has 2 spiro atoms. The van der Waals surface area contributed by atoms with Crippen LogP contribution in [0.25, 0.3) is 27.8 Å². The van der Waals surface area contributed by atoms with Crippen LogP contribution in [0.5, 0.6) is 11.5 Å². The lowest BCUT2D eigenvalue weighted by Crippen LogP contribution is -2.38. The van der Waals surface area contributed by atoms with E-state index in [-0.39, 0.29) is 11.5 Å². The molecule has 0 amide bonds. The summed E-state index contributed by atoms with van der Waals surface area (Å²) in [5.74, 6) is 3.08. The summed E-state index contributed by atoms with van der Waals surface area (Å²) in [5.41, 5.74) is 26.0. The van der Waals surface area contributed by atoms with Crippen molar-refractivity contribution in [1.82, 2.24) is 0 Å². The number of fused-ring (bicyclic) bond motifs is 20. The van der Waals surface area contributed by atoms with Crippen LogP contribution < -0.4 is 9.64 Å². The van der Waals surface area contributed by atoms with E-state index < -0.39 is 10.8 Å². The van der Waals surface area contributed by atoms with Crippen molar-refractivity contribution >= 4 is 28.7 Å². The highest BCUT2D eigenvalue weighted by Gasteiger charge is 2.54. The molecule has 2 fully saturated rings. The van der Waals surface area contributed by atoms with Gasteiger partial charge in [0, 0.05) is 37.7 Å². The molecule has 0 saturated heterocycles. The molecular formula is C77H65NOS. The van der Waals surface area contributed by atoms with Crippen LogP contribution in [0, 0.1) is 0 Å². The molecule has 2 heterocycles. The third kappa shape index (κ3) is 6.50. The Hall–Kier alpha value is -7.59. The molecule has 9 aromatic carbocycles. The lowest BCUT2D eigenvalue weighted by molar-refractivity contribution is 0.424. The quantitative estimate of drug-likeness (QED) is 0.170. The van der Waals surface area contributed by atoms with Crippen molar-refractivity contribution in [3.8, 4) is 33.8 Å². The topological polar surface area (TPSA) is 12.5 Å². The van der Waals surface area contributed by atoms with E-state index in [1.165, 1.54) is 186 Å². The van der Waals surface area contributed by atoms with Gasteiger partial charge in [0.1, 0.15) is 11.5 Å². The summed E-state index contributed by atoms with van der Waals surface area (Å²) in [5, 5.41) is 0. The van der Waals surface area contributed by atoms with E-state index in [2.05, 4.69) is 225 Å². The summed E-state index contributed by atoms with van der Waals surface area (Å²) >= 11 is 1.93. The SMILES string of the molecule is CC1(C)c2ccccc2-c2ccc(N(c3ccc4c(c3)C3(c5cc(C6CCCCC6)ccc5Oc5ccc(C6CCCCC6)cc53)c3ccccc3-4)C3C=CC4=C(C3)C3(c5ccccc5Sc5ccccc53)c3ccccc34)cc21. The van der Waals surface area contributed by atoms with E-state index in [9.17, 15) is 0 Å². The molecule has 1 atom stereocenters. The maximum Gasteiger partial charge on any atom is 0.132 e. The molecule has 9 aromatic rings. The van der Waals surface area contributed by atoms with Gasteiger partial charge in [-0.25, -0.2) is 0 Å². The number of rotatable bonds is 5. The number of anilines is 2. The first-order chi connectivity index (χ1) is 39.4. The van der Waals surface area contributed by atoms with Gasteiger partial charge >= 0.3 is 0 Å². The molecule has 390 valence electrons. The fourth-order valence-electron chi connectivity index (χ4n) is 17.2. The summed E-state index contributed by atoms with van der Waals surface area (Å²) < 4.78 is 7.26. The van der Waals surface area contributed by atoms with E-state index >= 15 is 0 Å². The number of ether oxygens (including phenoxy) is 1. The summed E-state index contributed by atoms with van der Waals surface area (Å²) in [6.45, 7) is 4.86. The molecule has 17 rings (SSSR count). The first-order valence-corrected chi connectivity index (χ1v) is 30.9. The van der Waals surface area contributed by atoms with E-state index in [0.717, 1.165) is 17.9 Å². The van der Waals surface area contributed by atoms with E-state index in [1.807, 2.05) is 11.8 Å². The molecule has 0 N–H and O–H groups in total. The smallest absolute Gasteiger partial charge is 0.132 e. The molecule has 80 heavy (non-hydrogen) atoms. The molecule has 8 aliphatic rings. The Morgan fingerprint density at radius 2 is 0.887 bits per heavy atom. The normalized spacial score (nSPS) is 19.9. The molecule has 2 aliphatic heterocycles. The Bertz CT molecular complexity index is 4030. The van der Waals surface area contributed by atoms with Crippen LogP contribution in [0.3, 0.4) is 0 Å². The van der Waals surface area contributed by atoms with Crippen molar-refractivity contribution in [3.63, 3.8) is 0 Å². The molecular weight excluding hydrogens is 987 g/mol. The molecule has 0 radical (unpaired) electrons. The van der Waals surface area contributed by atoms with Gasteiger partial charge in [-0.05, 0) is 182 Å². The number of hydrogen-bond acceptors (Lipinski definition) is 3. The maximum absolute atomic E-state index is 7.26. The van der Waals surface area contributed by atoms with Crippen molar-refractivity contribution in [3.05, 3.63) is 279 Å². The highest BCUT2D eigenvalue weighted by atomic mass is 32.2. The Morgan fingerprint density at radius 3 is 1.49 bits per heavy atom. The third-order valence-electron chi connectivity index (χ3n) is 20.8. The lowest BCUT2D eigenvalue weighted by atomic mass is 9.64. The number of benzene rings is 9.